The molecule has 3 nitrogen and oxygen atoms in total. The lowest BCUT2D eigenvalue weighted by atomic mass is 10.3. The van der Waals surface area contributed by atoms with Crippen LogP contribution >= 0.6 is 22.7 Å². The molecule has 0 spiro atoms. The zero-order chi connectivity index (χ0) is 13.4. The largest absolute Gasteiger partial charge is 0.494 e. The van der Waals surface area contributed by atoms with Gasteiger partial charge in [0, 0.05) is 0 Å². The molecule has 3 rings (SSSR count). The van der Waals surface area contributed by atoms with Crippen LogP contribution in [-0.4, -0.2) is 11.6 Å². The normalized spacial score (nSPS) is 11.1. The van der Waals surface area contributed by atoms with E-state index in [1.807, 2.05) is 31.2 Å². The highest BCUT2D eigenvalue weighted by atomic mass is 32.1. The Morgan fingerprint density at radius 2 is 2.11 bits per heavy atom. The number of nitrogen functional groups attached to an aromatic ring is 1. The first kappa shape index (κ1) is 12.4. The van der Waals surface area contributed by atoms with Gasteiger partial charge in [-0.3, -0.25) is 0 Å². The fourth-order valence-electron chi connectivity index (χ4n) is 1.98. The molecule has 2 N–H and O–H groups in total. The van der Waals surface area contributed by atoms with Crippen LogP contribution in [0.5, 0.6) is 5.75 Å². The first-order chi connectivity index (χ1) is 9.17. The molecule has 0 atom stereocenters. The Hall–Kier alpha value is -1.59. The van der Waals surface area contributed by atoms with Crippen LogP contribution in [0.4, 0.5) is 5.00 Å². The molecule has 0 aliphatic rings. The second-order valence-electron chi connectivity index (χ2n) is 4.24. The zero-order valence-corrected chi connectivity index (χ0v) is 12.4. The summed E-state index contributed by atoms with van der Waals surface area (Å²) in [4.78, 5) is 5.84. The lowest BCUT2D eigenvalue weighted by Gasteiger charge is -2.00. The Morgan fingerprint density at radius 3 is 2.79 bits per heavy atom. The van der Waals surface area contributed by atoms with Crippen LogP contribution < -0.4 is 10.5 Å². The summed E-state index contributed by atoms with van der Waals surface area (Å²) in [5, 5.41) is 1.87. The van der Waals surface area contributed by atoms with E-state index in [0.29, 0.717) is 6.61 Å². The number of nitrogens with zero attached hydrogens (tertiary/aromatic N) is 1. The van der Waals surface area contributed by atoms with E-state index in [4.69, 9.17) is 10.5 Å². The highest BCUT2D eigenvalue weighted by molar-refractivity contribution is 7.26. The van der Waals surface area contributed by atoms with Crippen molar-refractivity contribution in [2.75, 3.05) is 12.3 Å². The van der Waals surface area contributed by atoms with Gasteiger partial charge < -0.3 is 10.5 Å². The number of hydrogen-bond donors (Lipinski definition) is 1. The highest BCUT2D eigenvalue weighted by Crippen LogP contribution is 2.38. The molecule has 0 bridgehead atoms. The maximum atomic E-state index is 5.85. The predicted octanol–water partition coefficient (Wildman–Crippen LogP) is 4.31. The average molecular weight is 290 g/mol. The number of aromatic nitrogens is 1. The van der Waals surface area contributed by atoms with Crippen molar-refractivity contribution in [3.8, 4) is 15.6 Å². The van der Waals surface area contributed by atoms with Crippen LogP contribution in [0.25, 0.3) is 20.1 Å². The Labute approximate surface area is 119 Å². The summed E-state index contributed by atoms with van der Waals surface area (Å²) in [6.07, 6.45) is 0. The van der Waals surface area contributed by atoms with E-state index in [-0.39, 0.29) is 0 Å². The average Bonchev–Trinajstić information content (AvgIpc) is 2.92. The standard InChI is InChI=1S/C14H14N2OS2/c1-3-17-9-4-5-10-11(7-9)18-14(16-10)13-8(2)6-12(15)19-13/h4-7H,3,15H2,1-2H3. The van der Waals surface area contributed by atoms with Crippen molar-refractivity contribution in [3.05, 3.63) is 29.8 Å². The second kappa shape index (κ2) is 4.83. The first-order valence-electron chi connectivity index (χ1n) is 6.07. The molecule has 0 saturated heterocycles. The van der Waals surface area contributed by atoms with Gasteiger partial charge in [-0.1, -0.05) is 0 Å². The molecular formula is C14H14N2OS2. The number of benzene rings is 1. The van der Waals surface area contributed by atoms with Crippen molar-refractivity contribution in [1.29, 1.82) is 0 Å². The van der Waals surface area contributed by atoms with Crippen molar-refractivity contribution < 1.29 is 4.74 Å². The number of hydrogen-bond acceptors (Lipinski definition) is 5. The van der Waals surface area contributed by atoms with Crippen molar-refractivity contribution in [3.63, 3.8) is 0 Å². The monoisotopic (exact) mass is 290 g/mol. The van der Waals surface area contributed by atoms with Gasteiger partial charge in [0.15, 0.2) is 0 Å². The van der Waals surface area contributed by atoms with Crippen molar-refractivity contribution in [1.82, 2.24) is 4.98 Å². The summed E-state index contributed by atoms with van der Waals surface area (Å²) in [6, 6.07) is 8.02. The van der Waals surface area contributed by atoms with Gasteiger partial charge >= 0.3 is 0 Å². The minimum absolute atomic E-state index is 0.678. The summed E-state index contributed by atoms with van der Waals surface area (Å²) in [7, 11) is 0. The van der Waals surface area contributed by atoms with Crippen LogP contribution in [-0.2, 0) is 0 Å². The van der Waals surface area contributed by atoms with E-state index in [1.54, 1.807) is 22.7 Å². The summed E-state index contributed by atoms with van der Waals surface area (Å²) in [6.45, 7) is 4.73. The van der Waals surface area contributed by atoms with Gasteiger partial charge in [-0.05, 0) is 43.7 Å². The summed E-state index contributed by atoms with van der Waals surface area (Å²) in [5.41, 5.74) is 8.05. The fraction of sp³-hybridized carbons (Fsp3) is 0.214. The maximum Gasteiger partial charge on any atom is 0.134 e. The molecule has 2 aromatic heterocycles. The number of fused-ring (bicyclic) bond motifs is 1. The number of thiazole rings is 1. The molecule has 0 fully saturated rings. The van der Waals surface area contributed by atoms with E-state index in [1.165, 1.54) is 5.56 Å². The molecule has 0 aliphatic carbocycles. The number of thiophene rings is 1. The highest BCUT2D eigenvalue weighted by Gasteiger charge is 2.12. The van der Waals surface area contributed by atoms with Gasteiger partial charge in [0.1, 0.15) is 10.8 Å². The van der Waals surface area contributed by atoms with Gasteiger partial charge in [0.05, 0.1) is 26.7 Å². The third-order valence-corrected chi connectivity index (χ3v) is 5.04. The van der Waals surface area contributed by atoms with Crippen LogP contribution in [0.15, 0.2) is 24.3 Å². The first-order valence-corrected chi connectivity index (χ1v) is 7.70. The minimum atomic E-state index is 0.678. The number of anilines is 1. The lowest BCUT2D eigenvalue weighted by Crippen LogP contribution is -1.89. The molecule has 5 heteroatoms. The molecule has 98 valence electrons. The second-order valence-corrected chi connectivity index (χ2v) is 6.36. The van der Waals surface area contributed by atoms with Crippen LogP contribution in [0.2, 0.25) is 0 Å². The maximum absolute atomic E-state index is 5.85. The Balaban J connectivity index is 2.08. The minimum Gasteiger partial charge on any atom is -0.494 e. The zero-order valence-electron chi connectivity index (χ0n) is 10.8. The van der Waals surface area contributed by atoms with Gasteiger partial charge in [0.25, 0.3) is 0 Å². The van der Waals surface area contributed by atoms with E-state index in [2.05, 4.69) is 11.9 Å². The van der Waals surface area contributed by atoms with Crippen molar-refractivity contribution in [2.24, 2.45) is 0 Å². The Bertz CT molecular complexity index is 730. The van der Waals surface area contributed by atoms with Gasteiger partial charge in [0.2, 0.25) is 0 Å². The fourth-order valence-corrected chi connectivity index (χ4v) is 4.05. The number of rotatable bonds is 3. The molecule has 2 heterocycles. The quantitative estimate of drug-likeness (QED) is 0.781. The smallest absolute Gasteiger partial charge is 0.134 e. The molecule has 1 aromatic carbocycles. The SMILES string of the molecule is CCOc1ccc2nc(-c3sc(N)cc3C)sc2c1. The molecule has 19 heavy (non-hydrogen) atoms. The van der Waals surface area contributed by atoms with E-state index >= 15 is 0 Å². The number of nitrogens with two attached hydrogens (primary N) is 1. The van der Waals surface area contributed by atoms with E-state index in [9.17, 15) is 0 Å². The molecule has 0 radical (unpaired) electrons. The van der Waals surface area contributed by atoms with E-state index < -0.39 is 0 Å². The molecule has 3 aromatic rings. The molecular weight excluding hydrogens is 276 g/mol. The summed E-state index contributed by atoms with van der Waals surface area (Å²) >= 11 is 3.27. The van der Waals surface area contributed by atoms with Gasteiger partial charge in [-0.2, -0.15) is 0 Å². The van der Waals surface area contributed by atoms with E-state index in [0.717, 1.165) is 30.9 Å². The van der Waals surface area contributed by atoms with Gasteiger partial charge in [-0.25, -0.2) is 4.98 Å². The Morgan fingerprint density at radius 1 is 1.26 bits per heavy atom. The predicted molar refractivity (Wildman–Crippen MR) is 83.3 cm³/mol. The van der Waals surface area contributed by atoms with Gasteiger partial charge in [-0.15, -0.1) is 22.7 Å². The third kappa shape index (κ3) is 2.31. The summed E-state index contributed by atoms with van der Waals surface area (Å²) < 4.78 is 6.66. The van der Waals surface area contributed by atoms with Crippen LogP contribution in [0, 0.1) is 6.92 Å². The molecule has 0 saturated carbocycles. The van der Waals surface area contributed by atoms with Crippen molar-refractivity contribution >= 4 is 37.9 Å². The summed E-state index contributed by atoms with van der Waals surface area (Å²) in [5.74, 6) is 0.896. The number of ether oxygens (including phenoxy) is 1. The van der Waals surface area contributed by atoms with Crippen LogP contribution in [0.3, 0.4) is 0 Å². The molecule has 0 aliphatic heterocycles. The third-order valence-electron chi connectivity index (χ3n) is 2.80. The number of aryl methyl sites for hydroxylation is 1. The van der Waals surface area contributed by atoms with Crippen LogP contribution in [0.1, 0.15) is 12.5 Å². The molecule has 0 unspecified atom stereocenters. The molecule has 0 amide bonds. The van der Waals surface area contributed by atoms with Crippen molar-refractivity contribution in [2.45, 2.75) is 13.8 Å². The Kier molecular flexibility index (Phi) is 3.16. The topological polar surface area (TPSA) is 48.1 Å². The lowest BCUT2D eigenvalue weighted by molar-refractivity contribution is 0.341.